The minimum Gasteiger partial charge on any atom is -0.346 e. The fourth-order valence-electron chi connectivity index (χ4n) is 2.59. The maximum Gasteiger partial charge on any atom is 0.233 e. The van der Waals surface area contributed by atoms with Crippen LogP contribution in [0.25, 0.3) is 11.0 Å². The molecule has 0 aliphatic rings. The van der Waals surface area contributed by atoms with Crippen LogP contribution in [-0.4, -0.2) is 21.8 Å². The molecule has 2 aromatic carbocycles. The Morgan fingerprint density at radius 3 is 2.56 bits per heavy atom. The van der Waals surface area contributed by atoms with Crippen molar-refractivity contribution < 1.29 is 9.59 Å². The van der Waals surface area contributed by atoms with Gasteiger partial charge in [-0.25, -0.2) is 4.98 Å². The third-order valence-corrected chi connectivity index (χ3v) is 3.94. The number of imidazole rings is 1. The molecule has 3 rings (SSSR count). The molecule has 0 saturated carbocycles. The van der Waals surface area contributed by atoms with Gasteiger partial charge in [-0.3, -0.25) is 9.59 Å². The quantitative estimate of drug-likeness (QED) is 0.626. The molecule has 0 saturated heterocycles. The Labute approximate surface area is 145 Å². The molecule has 0 radical (unpaired) electrons. The number of para-hydroxylation sites is 3. The molecular weight excluding hydrogens is 316 g/mol. The Bertz CT molecular complexity index is 883. The molecule has 0 bridgehead atoms. The Hall–Kier alpha value is -3.15. The lowest BCUT2D eigenvalue weighted by Gasteiger charge is -2.12. The second kappa shape index (κ2) is 7.17. The summed E-state index contributed by atoms with van der Waals surface area (Å²) in [5.41, 5.74) is 3.42. The molecule has 25 heavy (non-hydrogen) atoms. The zero-order valence-corrected chi connectivity index (χ0v) is 14.2. The highest BCUT2D eigenvalue weighted by Gasteiger charge is 2.16. The molecule has 0 unspecified atom stereocenters. The number of hydrogen-bond donors (Lipinski definition) is 3. The second-order valence-electron chi connectivity index (χ2n) is 5.97. The van der Waals surface area contributed by atoms with Crippen molar-refractivity contribution in [3.63, 3.8) is 0 Å². The van der Waals surface area contributed by atoms with Crippen molar-refractivity contribution in [1.29, 1.82) is 0 Å². The topological polar surface area (TPSA) is 86.9 Å². The van der Waals surface area contributed by atoms with Crippen LogP contribution in [0.1, 0.15) is 30.8 Å². The van der Waals surface area contributed by atoms with E-state index in [-0.39, 0.29) is 24.3 Å². The van der Waals surface area contributed by atoms with Crippen LogP contribution in [0.4, 0.5) is 5.69 Å². The Balaban J connectivity index is 1.58. The number of amides is 2. The number of fused-ring (bicyclic) bond motifs is 1. The average molecular weight is 336 g/mol. The van der Waals surface area contributed by atoms with Crippen LogP contribution in [0.3, 0.4) is 0 Å². The van der Waals surface area contributed by atoms with Crippen LogP contribution in [0.2, 0.25) is 0 Å². The van der Waals surface area contributed by atoms with E-state index in [1.165, 1.54) is 0 Å². The van der Waals surface area contributed by atoms with Gasteiger partial charge in [0, 0.05) is 5.69 Å². The minimum atomic E-state index is -0.348. The molecule has 1 atom stereocenters. The molecule has 0 spiro atoms. The molecule has 0 fully saturated rings. The molecule has 3 aromatic rings. The van der Waals surface area contributed by atoms with Crippen LogP contribution in [0.5, 0.6) is 0 Å². The highest BCUT2D eigenvalue weighted by molar-refractivity contribution is 6.03. The van der Waals surface area contributed by atoms with E-state index in [9.17, 15) is 9.59 Å². The van der Waals surface area contributed by atoms with E-state index in [2.05, 4.69) is 20.6 Å². The van der Waals surface area contributed by atoms with E-state index in [0.717, 1.165) is 16.6 Å². The van der Waals surface area contributed by atoms with Crippen LogP contribution in [0, 0.1) is 6.92 Å². The number of anilines is 1. The Morgan fingerprint density at radius 1 is 1.08 bits per heavy atom. The summed E-state index contributed by atoms with van der Waals surface area (Å²) in [6.07, 6.45) is -0.237. The third kappa shape index (κ3) is 4.03. The smallest absolute Gasteiger partial charge is 0.233 e. The average Bonchev–Trinajstić information content (AvgIpc) is 3.01. The van der Waals surface area contributed by atoms with Gasteiger partial charge >= 0.3 is 0 Å². The highest BCUT2D eigenvalue weighted by Crippen LogP contribution is 2.16. The third-order valence-electron chi connectivity index (χ3n) is 3.94. The zero-order valence-electron chi connectivity index (χ0n) is 14.2. The summed E-state index contributed by atoms with van der Waals surface area (Å²) >= 11 is 0. The molecule has 2 amide bonds. The SMILES string of the molecule is Cc1ccccc1NC(=O)CC(=O)N[C@@H](C)c1nc2ccccc2[nH]1. The van der Waals surface area contributed by atoms with Gasteiger partial charge in [0.1, 0.15) is 12.2 Å². The van der Waals surface area contributed by atoms with Crippen molar-refractivity contribution in [2.45, 2.75) is 26.3 Å². The van der Waals surface area contributed by atoms with Crippen LogP contribution in [-0.2, 0) is 9.59 Å². The highest BCUT2D eigenvalue weighted by atomic mass is 16.2. The molecule has 6 heteroatoms. The van der Waals surface area contributed by atoms with Crippen molar-refractivity contribution in [2.75, 3.05) is 5.32 Å². The number of benzene rings is 2. The molecule has 0 aliphatic heterocycles. The fourth-order valence-corrected chi connectivity index (χ4v) is 2.59. The largest absolute Gasteiger partial charge is 0.346 e. The molecule has 128 valence electrons. The number of rotatable bonds is 5. The van der Waals surface area contributed by atoms with Gasteiger partial charge in [-0.1, -0.05) is 30.3 Å². The van der Waals surface area contributed by atoms with Crippen LogP contribution in [0.15, 0.2) is 48.5 Å². The molecule has 1 aromatic heterocycles. The van der Waals surface area contributed by atoms with Gasteiger partial charge in [0.15, 0.2) is 0 Å². The van der Waals surface area contributed by atoms with Crippen LogP contribution < -0.4 is 10.6 Å². The van der Waals surface area contributed by atoms with E-state index in [4.69, 9.17) is 0 Å². The van der Waals surface area contributed by atoms with Crippen molar-refractivity contribution in [2.24, 2.45) is 0 Å². The fraction of sp³-hybridized carbons (Fsp3) is 0.211. The maximum absolute atomic E-state index is 12.1. The number of nitrogens with zero attached hydrogens (tertiary/aromatic N) is 1. The van der Waals surface area contributed by atoms with Gasteiger partial charge in [-0.2, -0.15) is 0 Å². The van der Waals surface area contributed by atoms with Gasteiger partial charge in [0.05, 0.1) is 17.1 Å². The summed E-state index contributed by atoms with van der Waals surface area (Å²) in [6, 6.07) is 14.8. The minimum absolute atomic E-state index is 0.237. The zero-order chi connectivity index (χ0) is 17.8. The molecule has 0 aliphatic carbocycles. The summed E-state index contributed by atoms with van der Waals surface area (Å²) in [5, 5.41) is 5.55. The van der Waals surface area contributed by atoms with Gasteiger partial charge < -0.3 is 15.6 Å². The van der Waals surface area contributed by atoms with Crippen LogP contribution >= 0.6 is 0 Å². The van der Waals surface area contributed by atoms with E-state index < -0.39 is 0 Å². The lowest BCUT2D eigenvalue weighted by Crippen LogP contribution is -2.30. The summed E-state index contributed by atoms with van der Waals surface area (Å²) in [7, 11) is 0. The predicted molar refractivity (Wildman–Crippen MR) is 97.1 cm³/mol. The summed E-state index contributed by atoms with van der Waals surface area (Å²) < 4.78 is 0. The number of H-pyrrole nitrogens is 1. The second-order valence-corrected chi connectivity index (χ2v) is 5.97. The first-order valence-electron chi connectivity index (χ1n) is 8.12. The van der Waals surface area contributed by atoms with E-state index >= 15 is 0 Å². The molecule has 1 heterocycles. The Morgan fingerprint density at radius 2 is 1.80 bits per heavy atom. The maximum atomic E-state index is 12.1. The number of aryl methyl sites for hydroxylation is 1. The Kier molecular flexibility index (Phi) is 4.79. The lowest BCUT2D eigenvalue weighted by molar-refractivity contribution is -0.127. The van der Waals surface area contributed by atoms with Crippen molar-refractivity contribution >= 4 is 28.5 Å². The molecule has 6 nitrogen and oxygen atoms in total. The number of carbonyl (C=O) groups excluding carboxylic acids is 2. The van der Waals surface area contributed by atoms with E-state index in [1.807, 2.05) is 62.4 Å². The summed E-state index contributed by atoms with van der Waals surface area (Å²) in [5.74, 6) is -0.0310. The number of carbonyl (C=O) groups is 2. The van der Waals surface area contributed by atoms with Gasteiger partial charge in [0.25, 0.3) is 0 Å². The normalized spacial score (nSPS) is 11.9. The number of hydrogen-bond acceptors (Lipinski definition) is 3. The van der Waals surface area contributed by atoms with Gasteiger partial charge in [0.2, 0.25) is 11.8 Å². The van der Waals surface area contributed by atoms with Crippen molar-refractivity contribution in [1.82, 2.24) is 15.3 Å². The van der Waals surface area contributed by atoms with Crippen molar-refractivity contribution in [3.8, 4) is 0 Å². The van der Waals surface area contributed by atoms with E-state index in [0.29, 0.717) is 11.5 Å². The predicted octanol–water partition coefficient (Wildman–Crippen LogP) is 3.08. The first kappa shape index (κ1) is 16.7. The number of aromatic nitrogens is 2. The first-order chi connectivity index (χ1) is 12.0. The standard InChI is InChI=1S/C19H20N4O2/c1-12-7-3-4-8-14(12)21-18(25)11-17(24)20-13(2)19-22-15-9-5-6-10-16(15)23-19/h3-10,13H,11H2,1-2H3,(H,20,24)(H,21,25)(H,22,23)/t13-/m0/s1. The molecule has 3 N–H and O–H groups in total. The summed E-state index contributed by atoms with van der Waals surface area (Å²) in [6.45, 7) is 3.73. The van der Waals surface area contributed by atoms with Gasteiger partial charge in [-0.05, 0) is 37.6 Å². The monoisotopic (exact) mass is 336 g/mol. The lowest BCUT2D eigenvalue weighted by atomic mass is 10.2. The number of nitrogens with one attached hydrogen (secondary N) is 3. The van der Waals surface area contributed by atoms with E-state index in [1.54, 1.807) is 0 Å². The molecular formula is C19H20N4O2. The van der Waals surface area contributed by atoms with Gasteiger partial charge in [-0.15, -0.1) is 0 Å². The van der Waals surface area contributed by atoms with Crippen molar-refractivity contribution in [3.05, 3.63) is 59.9 Å². The summed E-state index contributed by atoms with van der Waals surface area (Å²) in [4.78, 5) is 31.8. The first-order valence-corrected chi connectivity index (χ1v) is 8.12. The number of aromatic amines is 1.